The van der Waals surface area contributed by atoms with Crippen LogP contribution in [0.25, 0.3) is 0 Å². The van der Waals surface area contributed by atoms with Gasteiger partial charge in [0, 0.05) is 27.9 Å². The third kappa shape index (κ3) is 1.88. The summed E-state index contributed by atoms with van der Waals surface area (Å²) >= 11 is 6.26. The van der Waals surface area contributed by atoms with E-state index in [9.17, 15) is 14.4 Å². The Morgan fingerprint density at radius 2 is 1.93 bits per heavy atom. The highest BCUT2D eigenvalue weighted by molar-refractivity contribution is 6.31. The third-order valence-corrected chi connectivity index (χ3v) is 6.86. The first-order valence-electron chi connectivity index (χ1n) is 9.45. The van der Waals surface area contributed by atoms with Crippen molar-refractivity contribution < 1.29 is 14.4 Å². The van der Waals surface area contributed by atoms with Crippen LogP contribution in [-0.2, 0) is 19.9 Å². The Hall–Kier alpha value is -1.92. The number of nitrogens with one attached hydrogen (secondary N) is 1. The van der Waals surface area contributed by atoms with E-state index in [2.05, 4.69) is 10.2 Å². The molecule has 0 saturated carbocycles. The highest BCUT2D eigenvalue weighted by atomic mass is 35.5. The predicted molar refractivity (Wildman–Crippen MR) is 100 cm³/mol. The molecule has 4 aliphatic rings. The summed E-state index contributed by atoms with van der Waals surface area (Å²) in [4.78, 5) is 43.7. The van der Waals surface area contributed by atoms with Crippen molar-refractivity contribution >= 4 is 35.0 Å². The van der Waals surface area contributed by atoms with Crippen LogP contribution < -0.4 is 5.32 Å². The maximum absolute atomic E-state index is 13.5. The molecule has 27 heavy (non-hydrogen) atoms. The number of benzene rings is 1. The highest BCUT2D eigenvalue weighted by Gasteiger charge is 2.75. The van der Waals surface area contributed by atoms with Crippen molar-refractivity contribution in [2.24, 2.45) is 11.8 Å². The second-order valence-corrected chi connectivity index (χ2v) is 9.44. The summed E-state index contributed by atoms with van der Waals surface area (Å²) in [5, 5.41) is 3.47. The monoisotopic (exact) mass is 387 g/mol. The maximum atomic E-state index is 13.5. The molecule has 3 amide bonds. The van der Waals surface area contributed by atoms with Crippen LogP contribution in [0.1, 0.15) is 39.2 Å². The van der Waals surface area contributed by atoms with Crippen molar-refractivity contribution in [3.8, 4) is 0 Å². The number of halogens is 1. The summed E-state index contributed by atoms with van der Waals surface area (Å²) < 4.78 is 0. The van der Waals surface area contributed by atoms with Crippen LogP contribution >= 0.6 is 11.6 Å². The molecule has 4 heterocycles. The van der Waals surface area contributed by atoms with Crippen molar-refractivity contribution in [2.75, 3.05) is 11.9 Å². The van der Waals surface area contributed by atoms with Gasteiger partial charge in [-0.25, -0.2) is 0 Å². The molecule has 0 aromatic heterocycles. The fourth-order valence-corrected chi connectivity index (χ4v) is 6.01. The zero-order chi connectivity index (χ0) is 19.3. The Morgan fingerprint density at radius 1 is 1.19 bits per heavy atom. The molecule has 0 radical (unpaired) electrons. The van der Waals surface area contributed by atoms with Crippen LogP contribution in [0.15, 0.2) is 18.2 Å². The number of rotatable bonds is 0. The van der Waals surface area contributed by atoms with Gasteiger partial charge in [0.1, 0.15) is 5.54 Å². The van der Waals surface area contributed by atoms with Crippen LogP contribution in [0.4, 0.5) is 5.69 Å². The molecule has 1 aromatic rings. The summed E-state index contributed by atoms with van der Waals surface area (Å²) in [6.07, 6.45) is 1.74. The van der Waals surface area contributed by atoms with Gasteiger partial charge in [-0.1, -0.05) is 11.6 Å². The Bertz CT molecular complexity index is 908. The average Bonchev–Trinajstić information content (AvgIpc) is 3.25. The molecule has 142 valence electrons. The quantitative estimate of drug-likeness (QED) is 0.694. The summed E-state index contributed by atoms with van der Waals surface area (Å²) in [6.45, 7) is 6.29. The van der Waals surface area contributed by atoms with Gasteiger partial charge in [0.15, 0.2) is 0 Å². The van der Waals surface area contributed by atoms with Gasteiger partial charge in [-0.3, -0.25) is 24.2 Å². The Kier molecular flexibility index (Phi) is 3.26. The minimum absolute atomic E-state index is 0.0884. The normalized spacial score (nSPS) is 35.0. The molecular formula is C20H22ClN3O3. The lowest BCUT2D eigenvalue weighted by Gasteiger charge is -2.38. The lowest BCUT2D eigenvalue weighted by Crippen LogP contribution is -2.56. The second-order valence-electron chi connectivity index (χ2n) is 9.00. The van der Waals surface area contributed by atoms with E-state index in [0.717, 1.165) is 18.4 Å². The second kappa shape index (κ2) is 5.11. The summed E-state index contributed by atoms with van der Waals surface area (Å²) in [7, 11) is 0. The number of hydrogen-bond acceptors (Lipinski definition) is 4. The zero-order valence-corrected chi connectivity index (χ0v) is 16.3. The van der Waals surface area contributed by atoms with E-state index < -0.39 is 22.9 Å². The molecular weight excluding hydrogens is 366 g/mol. The van der Waals surface area contributed by atoms with Crippen LogP contribution in [0, 0.1) is 11.8 Å². The largest absolute Gasteiger partial charge is 0.324 e. The Balaban J connectivity index is 1.77. The highest BCUT2D eigenvalue weighted by Crippen LogP contribution is 2.61. The number of fused-ring (bicyclic) bond motifs is 7. The SMILES string of the molecule is CC(C)(C)N1C(=O)[C@@H]2[C@H]3CCCN3[C@@]3(C(=O)Nc4ccc(Cl)cc43)[C@@H]2C1=O. The lowest BCUT2D eigenvalue weighted by atomic mass is 9.75. The molecule has 3 saturated heterocycles. The number of carbonyl (C=O) groups is 3. The van der Waals surface area contributed by atoms with Crippen molar-refractivity contribution in [2.45, 2.75) is 50.7 Å². The Morgan fingerprint density at radius 3 is 2.63 bits per heavy atom. The van der Waals surface area contributed by atoms with E-state index in [1.165, 1.54) is 4.90 Å². The molecule has 3 fully saturated rings. The number of nitrogens with zero attached hydrogens (tertiary/aromatic N) is 2. The Labute approximate surface area is 162 Å². The molecule has 1 spiro atoms. The van der Waals surface area contributed by atoms with Crippen LogP contribution in [0.5, 0.6) is 0 Å². The lowest BCUT2D eigenvalue weighted by molar-refractivity contribution is -0.150. The van der Waals surface area contributed by atoms with Gasteiger partial charge in [0.2, 0.25) is 17.7 Å². The van der Waals surface area contributed by atoms with Gasteiger partial charge in [-0.15, -0.1) is 0 Å². The third-order valence-electron chi connectivity index (χ3n) is 6.63. The van der Waals surface area contributed by atoms with E-state index in [1.54, 1.807) is 18.2 Å². The first kappa shape index (κ1) is 17.2. The molecule has 7 heteroatoms. The molecule has 1 aromatic carbocycles. The van der Waals surface area contributed by atoms with Crippen LogP contribution in [0.3, 0.4) is 0 Å². The summed E-state index contributed by atoms with van der Waals surface area (Å²) in [5.41, 5.74) is -0.338. The van der Waals surface area contributed by atoms with E-state index in [1.807, 2.05) is 20.8 Å². The maximum Gasteiger partial charge on any atom is 0.250 e. The fourth-order valence-electron chi connectivity index (χ4n) is 5.84. The van der Waals surface area contributed by atoms with Gasteiger partial charge < -0.3 is 5.32 Å². The minimum atomic E-state index is -1.14. The number of imide groups is 1. The summed E-state index contributed by atoms with van der Waals surface area (Å²) in [5.74, 6) is -1.77. The molecule has 0 aliphatic carbocycles. The molecule has 4 atom stereocenters. The van der Waals surface area contributed by atoms with Gasteiger partial charge in [-0.2, -0.15) is 0 Å². The number of likely N-dealkylation sites (tertiary alicyclic amines) is 1. The molecule has 1 N–H and O–H groups in total. The first-order chi connectivity index (χ1) is 12.7. The predicted octanol–water partition coefficient (Wildman–Crippen LogP) is 2.37. The van der Waals surface area contributed by atoms with E-state index in [0.29, 0.717) is 17.3 Å². The van der Waals surface area contributed by atoms with Crippen LogP contribution in [0.2, 0.25) is 5.02 Å². The van der Waals surface area contributed by atoms with Gasteiger partial charge in [0.05, 0.1) is 11.8 Å². The molecule has 0 bridgehead atoms. The number of hydrogen-bond donors (Lipinski definition) is 1. The first-order valence-corrected chi connectivity index (χ1v) is 9.83. The van der Waals surface area contributed by atoms with Crippen LogP contribution in [-0.4, -0.2) is 45.6 Å². The van der Waals surface area contributed by atoms with Gasteiger partial charge >= 0.3 is 0 Å². The van der Waals surface area contributed by atoms with E-state index >= 15 is 0 Å². The number of carbonyl (C=O) groups excluding carboxylic acids is 3. The summed E-state index contributed by atoms with van der Waals surface area (Å²) in [6, 6.07) is 5.21. The molecule has 5 rings (SSSR count). The van der Waals surface area contributed by atoms with Crippen molar-refractivity contribution in [1.29, 1.82) is 0 Å². The average molecular weight is 388 g/mol. The van der Waals surface area contributed by atoms with Crippen molar-refractivity contribution in [3.63, 3.8) is 0 Å². The molecule has 6 nitrogen and oxygen atoms in total. The van der Waals surface area contributed by atoms with E-state index in [-0.39, 0.29) is 23.8 Å². The number of anilines is 1. The van der Waals surface area contributed by atoms with Crippen molar-refractivity contribution in [3.05, 3.63) is 28.8 Å². The molecule has 4 aliphatic heterocycles. The van der Waals surface area contributed by atoms with E-state index in [4.69, 9.17) is 11.6 Å². The fraction of sp³-hybridized carbons (Fsp3) is 0.550. The zero-order valence-electron chi connectivity index (χ0n) is 15.6. The van der Waals surface area contributed by atoms with Crippen molar-refractivity contribution in [1.82, 2.24) is 9.80 Å². The molecule has 0 unspecified atom stereocenters. The van der Waals surface area contributed by atoms with Gasteiger partial charge in [0.25, 0.3) is 0 Å². The minimum Gasteiger partial charge on any atom is -0.324 e. The smallest absolute Gasteiger partial charge is 0.250 e. The number of amides is 3. The topological polar surface area (TPSA) is 69.7 Å². The standard InChI is InChI=1S/C20H22ClN3O3/c1-19(2,3)24-16(25)14-13-5-4-8-23(13)20(15(14)17(24)26)11-9-10(21)6-7-12(11)22-18(20)27/h6-7,9,13-15H,4-5,8H2,1-3H3,(H,22,27)/t13-,14-,15+,20-/m1/s1. The van der Waals surface area contributed by atoms with Gasteiger partial charge in [-0.05, 0) is 58.4 Å².